The van der Waals surface area contributed by atoms with E-state index in [1.54, 1.807) is 0 Å². The Morgan fingerprint density at radius 1 is 1.37 bits per heavy atom. The second kappa shape index (κ2) is 7.70. The van der Waals surface area contributed by atoms with Crippen LogP contribution in [-0.4, -0.2) is 48.2 Å². The first-order valence-electron chi connectivity index (χ1n) is 7.40. The number of nitrogens with one attached hydrogen (secondary N) is 1. The van der Waals surface area contributed by atoms with Gasteiger partial charge in [0.15, 0.2) is 0 Å². The van der Waals surface area contributed by atoms with E-state index in [1.165, 1.54) is 32.4 Å². The lowest BCUT2D eigenvalue weighted by Crippen LogP contribution is -2.44. The van der Waals surface area contributed by atoms with Gasteiger partial charge in [-0.2, -0.15) is 0 Å². The monoisotopic (exact) mass is 270 g/mol. The molecule has 0 aromatic heterocycles. The van der Waals surface area contributed by atoms with Crippen LogP contribution in [0.25, 0.3) is 0 Å². The van der Waals surface area contributed by atoms with Crippen LogP contribution in [0.3, 0.4) is 0 Å². The Kier molecular flexibility index (Phi) is 6.58. The molecule has 0 radical (unpaired) electrons. The smallest absolute Gasteiger partial charge is 0.144 e. The van der Waals surface area contributed by atoms with Gasteiger partial charge in [-0.15, -0.1) is 0 Å². The average molecular weight is 270 g/mol. The van der Waals surface area contributed by atoms with Crippen molar-refractivity contribution in [3.05, 3.63) is 0 Å². The molecule has 1 aliphatic heterocycles. The molecule has 1 unspecified atom stereocenters. The third kappa shape index (κ3) is 5.37. The van der Waals surface area contributed by atoms with Crippen LogP contribution >= 0.6 is 0 Å². The Bertz CT molecular complexity index is 285. The van der Waals surface area contributed by atoms with Gasteiger partial charge in [-0.05, 0) is 45.8 Å². The lowest BCUT2D eigenvalue weighted by molar-refractivity contribution is 0.170. The van der Waals surface area contributed by atoms with E-state index < -0.39 is 0 Å². The molecule has 0 amide bonds. The minimum atomic E-state index is -0.254. The summed E-state index contributed by atoms with van der Waals surface area (Å²) in [7, 11) is 0. The van der Waals surface area contributed by atoms with Crippen LogP contribution in [-0.2, 0) is 0 Å². The summed E-state index contributed by atoms with van der Waals surface area (Å²) < 4.78 is 0. The molecule has 1 atom stereocenters. The Morgan fingerprint density at radius 3 is 2.58 bits per heavy atom. The summed E-state index contributed by atoms with van der Waals surface area (Å²) in [6, 6.07) is 0.590. The van der Waals surface area contributed by atoms with Crippen molar-refractivity contribution >= 4 is 5.84 Å². The lowest BCUT2D eigenvalue weighted by atomic mass is 9.88. The van der Waals surface area contributed by atoms with Gasteiger partial charge in [0.2, 0.25) is 0 Å². The average Bonchev–Trinajstić information content (AvgIpc) is 2.43. The molecule has 1 rings (SSSR count). The van der Waals surface area contributed by atoms with Crippen molar-refractivity contribution in [2.45, 2.75) is 52.5 Å². The second-order valence-corrected chi connectivity index (χ2v) is 6.27. The predicted molar refractivity (Wildman–Crippen MR) is 79.6 cm³/mol. The van der Waals surface area contributed by atoms with Crippen LogP contribution in [0.5, 0.6) is 0 Å². The number of hydrogen-bond donors (Lipinski definition) is 3. The van der Waals surface area contributed by atoms with Crippen molar-refractivity contribution in [2.75, 3.05) is 26.2 Å². The molecule has 0 saturated carbocycles. The molecule has 1 aliphatic rings. The molecule has 1 saturated heterocycles. The number of piperidine rings is 1. The van der Waals surface area contributed by atoms with Crippen molar-refractivity contribution in [3.8, 4) is 0 Å². The lowest BCUT2D eigenvalue weighted by Gasteiger charge is -2.32. The summed E-state index contributed by atoms with van der Waals surface area (Å²) in [6.07, 6.45) is 4.92. The van der Waals surface area contributed by atoms with Crippen molar-refractivity contribution in [2.24, 2.45) is 16.3 Å². The van der Waals surface area contributed by atoms with E-state index in [2.05, 4.69) is 22.3 Å². The second-order valence-electron chi connectivity index (χ2n) is 6.27. The molecule has 5 heteroatoms. The third-order valence-corrected chi connectivity index (χ3v) is 4.18. The third-order valence-electron chi connectivity index (χ3n) is 4.18. The van der Waals surface area contributed by atoms with E-state index in [9.17, 15) is 0 Å². The molecule has 1 heterocycles. The minimum absolute atomic E-state index is 0.254. The maximum Gasteiger partial charge on any atom is 0.144 e. The number of hydrogen-bond acceptors (Lipinski definition) is 4. The quantitative estimate of drug-likeness (QED) is 0.216. The summed E-state index contributed by atoms with van der Waals surface area (Å²) in [5.41, 5.74) is 5.42. The molecule has 0 aliphatic carbocycles. The molecule has 5 nitrogen and oxygen atoms in total. The van der Waals surface area contributed by atoms with Crippen LogP contribution in [0.4, 0.5) is 0 Å². The van der Waals surface area contributed by atoms with Crippen molar-refractivity contribution in [1.29, 1.82) is 0 Å². The van der Waals surface area contributed by atoms with E-state index in [-0.39, 0.29) is 5.41 Å². The van der Waals surface area contributed by atoms with Gasteiger partial charge >= 0.3 is 0 Å². The molecular formula is C14H30N4O. The van der Waals surface area contributed by atoms with Crippen molar-refractivity contribution in [3.63, 3.8) is 0 Å². The van der Waals surface area contributed by atoms with E-state index in [0.29, 0.717) is 11.9 Å². The molecule has 0 bridgehead atoms. The Labute approximate surface area is 117 Å². The van der Waals surface area contributed by atoms with Crippen molar-refractivity contribution in [1.82, 2.24) is 10.2 Å². The van der Waals surface area contributed by atoms with E-state index >= 15 is 0 Å². The fourth-order valence-corrected chi connectivity index (χ4v) is 2.46. The molecule has 0 aromatic carbocycles. The summed E-state index contributed by atoms with van der Waals surface area (Å²) >= 11 is 0. The number of nitrogens with zero attached hydrogens (tertiary/aromatic N) is 2. The normalized spacial score (nSPS) is 20.5. The van der Waals surface area contributed by atoms with Gasteiger partial charge < -0.3 is 16.3 Å². The first-order valence-corrected chi connectivity index (χ1v) is 7.40. The first-order chi connectivity index (χ1) is 8.97. The maximum absolute atomic E-state index is 8.72. The van der Waals surface area contributed by atoms with Crippen LogP contribution in [0, 0.1) is 5.41 Å². The minimum Gasteiger partial charge on any atom is -0.409 e. The standard InChI is InChI=1S/C14H30N4O/c1-12(18-9-5-4-6-10-18)11-16-8-7-14(2,3)13(15)17-19/h12,16,19H,4-11H2,1-3H3,(H2,15,17). The highest BCUT2D eigenvalue weighted by atomic mass is 16.4. The van der Waals surface area contributed by atoms with Gasteiger partial charge in [0.05, 0.1) is 0 Å². The number of nitrogens with two attached hydrogens (primary N) is 1. The largest absolute Gasteiger partial charge is 0.409 e. The summed E-state index contributed by atoms with van der Waals surface area (Å²) in [6.45, 7) is 10.6. The SMILES string of the molecule is CC(CNCCC(C)(C)C(N)=NO)N1CCCCC1. The highest BCUT2D eigenvalue weighted by Gasteiger charge is 2.23. The summed E-state index contributed by atoms with van der Waals surface area (Å²) in [5.74, 6) is 0.304. The van der Waals surface area contributed by atoms with Crippen LogP contribution in [0.2, 0.25) is 0 Å². The highest BCUT2D eigenvalue weighted by Crippen LogP contribution is 2.19. The first kappa shape index (κ1) is 16.2. The Morgan fingerprint density at radius 2 is 2.00 bits per heavy atom. The molecule has 19 heavy (non-hydrogen) atoms. The topological polar surface area (TPSA) is 73.9 Å². The Balaban J connectivity index is 2.19. The highest BCUT2D eigenvalue weighted by molar-refractivity contribution is 5.85. The van der Waals surface area contributed by atoms with Crippen LogP contribution in [0.15, 0.2) is 5.16 Å². The van der Waals surface area contributed by atoms with E-state index in [1.807, 2.05) is 13.8 Å². The van der Waals surface area contributed by atoms with Gasteiger partial charge in [0, 0.05) is 18.0 Å². The maximum atomic E-state index is 8.72. The zero-order valence-electron chi connectivity index (χ0n) is 12.7. The fourth-order valence-electron chi connectivity index (χ4n) is 2.46. The van der Waals surface area contributed by atoms with Crippen molar-refractivity contribution < 1.29 is 5.21 Å². The molecular weight excluding hydrogens is 240 g/mol. The fraction of sp³-hybridized carbons (Fsp3) is 0.929. The number of rotatable bonds is 7. The zero-order valence-corrected chi connectivity index (χ0v) is 12.7. The number of likely N-dealkylation sites (tertiary alicyclic amines) is 1. The Hall–Kier alpha value is -0.810. The van der Waals surface area contributed by atoms with Gasteiger partial charge in [-0.25, -0.2) is 0 Å². The molecule has 1 fully saturated rings. The van der Waals surface area contributed by atoms with Crippen LogP contribution in [0.1, 0.15) is 46.5 Å². The van der Waals surface area contributed by atoms with Gasteiger partial charge in [0.25, 0.3) is 0 Å². The zero-order chi connectivity index (χ0) is 14.3. The van der Waals surface area contributed by atoms with Crippen LogP contribution < -0.4 is 11.1 Å². The molecule has 0 aromatic rings. The predicted octanol–water partition coefficient (Wildman–Crippen LogP) is 1.61. The molecule has 112 valence electrons. The van der Waals surface area contributed by atoms with Gasteiger partial charge in [-0.3, -0.25) is 4.90 Å². The molecule has 0 spiro atoms. The summed E-state index contributed by atoms with van der Waals surface area (Å²) in [5, 5.41) is 15.3. The van der Waals surface area contributed by atoms with E-state index in [0.717, 1.165) is 19.5 Å². The number of oxime groups is 1. The van der Waals surface area contributed by atoms with E-state index in [4.69, 9.17) is 10.9 Å². The summed E-state index contributed by atoms with van der Waals surface area (Å²) in [4.78, 5) is 2.56. The van der Waals surface area contributed by atoms with Gasteiger partial charge in [-0.1, -0.05) is 25.4 Å². The molecule has 4 N–H and O–H groups in total. The van der Waals surface area contributed by atoms with Gasteiger partial charge in [0.1, 0.15) is 5.84 Å². The number of amidine groups is 1.